The summed E-state index contributed by atoms with van der Waals surface area (Å²) in [5.74, 6) is 0.0288. The fourth-order valence-corrected chi connectivity index (χ4v) is 3.07. The highest BCUT2D eigenvalue weighted by Gasteiger charge is 2.32. The Morgan fingerprint density at radius 3 is 2.85 bits per heavy atom. The van der Waals surface area contributed by atoms with E-state index in [0.29, 0.717) is 18.0 Å². The zero-order chi connectivity index (χ0) is 18.5. The van der Waals surface area contributed by atoms with Crippen molar-refractivity contribution in [2.45, 2.75) is 32.3 Å². The lowest BCUT2D eigenvalue weighted by Gasteiger charge is -2.27. The van der Waals surface area contributed by atoms with Gasteiger partial charge in [0.25, 0.3) is 0 Å². The fourth-order valence-electron chi connectivity index (χ4n) is 3.07. The second-order valence-electron chi connectivity index (χ2n) is 6.46. The molecule has 1 amide bonds. The molecule has 0 aliphatic carbocycles. The third-order valence-corrected chi connectivity index (χ3v) is 4.33. The summed E-state index contributed by atoms with van der Waals surface area (Å²) < 4.78 is 10.4. The van der Waals surface area contributed by atoms with Crippen molar-refractivity contribution in [1.82, 2.24) is 9.91 Å². The number of nitrogens with zero attached hydrogens (tertiary/aromatic N) is 4. The molecular weight excluding hydrogens is 340 g/mol. The van der Waals surface area contributed by atoms with E-state index in [9.17, 15) is 14.9 Å². The topological polar surface area (TPSA) is 101 Å². The first kappa shape index (κ1) is 18.1. The number of allylic oxidation sites excluding steroid dienone is 1. The van der Waals surface area contributed by atoms with Crippen molar-refractivity contribution >= 4 is 23.8 Å². The molecular formula is C17H22N4O5. The predicted molar refractivity (Wildman–Crippen MR) is 94.8 cm³/mol. The average Bonchev–Trinajstić information content (AvgIpc) is 3.21. The van der Waals surface area contributed by atoms with Crippen LogP contribution in [0.2, 0.25) is 0 Å². The van der Waals surface area contributed by atoms with Crippen LogP contribution in [-0.4, -0.2) is 58.9 Å². The van der Waals surface area contributed by atoms with Gasteiger partial charge in [-0.3, -0.25) is 15.0 Å². The fraction of sp³-hybridized carbons (Fsp3) is 0.529. The summed E-state index contributed by atoms with van der Waals surface area (Å²) in [4.78, 5) is 24.3. The number of amides is 1. The number of carbonyl (C=O) groups excluding carboxylic acids is 1. The highest BCUT2D eigenvalue weighted by Crippen LogP contribution is 2.18. The molecule has 0 aromatic carbocycles. The van der Waals surface area contributed by atoms with Crippen molar-refractivity contribution in [3.63, 3.8) is 0 Å². The second kappa shape index (κ2) is 8.13. The van der Waals surface area contributed by atoms with Crippen LogP contribution in [0.4, 0.5) is 10.7 Å². The Hall–Kier alpha value is -2.68. The number of likely N-dealkylation sites (tertiary alicyclic amines) is 1. The summed E-state index contributed by atoms with van der Waals surface area (Å²) in [5.41, 5.74) is 0.569. The average molecular weight is 362 g/mol. The number of nitro groups is 1. The molecule has 9 heteroatoms. The molecule has 26 heavy (non-hydrogen) atoms. The Balaban J connectivity index is 1.55. The van der Waals surface area contributed by atoms with Gasteiger partial charge >= 0.3 is 12.0 Å². The first-order valence-electron chi connectivity index (χ1n) is 8.69. The van der Waals surface area contributed by atoms with Gasteiger partial charge < -0.3 is 9.15 Å². The maximum atomic E-state index is 12.0. The van der Waals surface area contributed by atoms with Crippen molar-refractivity contribution < 1.29 is 18.9 Å². The second-order valence-corrected chi connectivity index (χ2v) is 6.46. The largest absolute Gasteiger partial charge is 0.441 e. The Morgan fingerprint density at radius 1 is 1.38 bits per heavy atom. The predicted octanol–water partition coefficient (Wildman–Crippen LogP) is 2.88. The third-order valence-electron chi connectivity index (χ3n) is 4.33. The molecule has 2 aliphatic rings. The number of hydrogen-bond donors (Lipinski definition) is 0. The zero-order valence-electron chi connectivity index (χ0n) is 14.7. The molecule has 0 N–H and O–H groups in total. The van der Waals surface area contributed by atoms with Crippen molar-refractivity contribution in [3.8, 4) is 0 Å². The first-order chi connectivity index (χ1) is 12.5. The van der Waals surface area contributed by atoms with Gasteiger partial charge in [-0.25, -0.2) is 4.79 Å². The van der Waals surface area contributed by atoms with E-state index in [0.717, 1.165) is 19.6 Å². The van der Waals surface area contributed by atoms with Crippen LogP contribution >= 0.6 is 0 Å². The van der Waals surface area contributed by atoms with Gasteiger partial charge in [-0.15, -0.1) is 0 Å². The Morgan fingerprint density at radius 2 is 2.15 bits per heavy atom. The Bertz CT molecular complexity index is 720. The first-order valence-corrected chi connectivity index (χ1v) is 8.69. The lowest BCUT2D eigenvalue weighted by molar-refractivity contribution is -0.402. The lowest BCUT2D eigenvalue weighted by atomic mass is 10.1. The molecule has 2 fully saturated rings. The van der Waals surface area contributed by atoms with Crippen LogP contribution in [0.15, 0.2) is 27.7 Å². The summed E-state index contributed by atoms with van der Waals surface area (Å²) in [6, 6.07) is 2.79. The van der Waals surface area contributed by atoms with E-state index < -0.39 is 11.0 Å². The van der Waals surface area contributed by atoms with E-state index in [1.807, 2.05) is 0 Å². The number of furan rings is 1. The van der Waals surface area contributed by atoms with E-state index in [-0.39, 0.29) is 12.0 Å². The van der Waals surface area contributed by atoms with Gasteiger partial charge in [0.05, 0.1) is 18.3 Å². The van der Waals surface area contributed by atoms with Gasteiger partial charge in [-0.05, 0) is 51.1 Å². The summed E-state index contributed by atoms with van der Waals surface area (Å²) in [7, 11) is 0. The SMILES string of the molecule is CC(/C=C/c1ccc([N+](=O)[O-])o1)=NN1CC(CN2CCCCC2)OC1=O. The number of cyclic esters (lactones) is 1. The highest BCUT2D eigenvalue weighted by molar-refractivity contribution is 5.96. The number of carbonyl (C=O) groups is 1. The van der Waals surface area contributed by atoms with E-state index in [1.165, 1.54) is 36.4 Å². The highest BCUT2D eigenvalue weighted by atomic mass is 16.6. The Labute approximate surface area is 151 Å². The van der Waals surface area contributed by atoms with E-state index in [1.54, 1.807) is 19.1 Å². The molecule has 0 radical (unpaired) electrons. The number of ether oxygens (including phenoxy) is 1. The van der Waals surface area contributed by atoms with Crippen molar-refractivity contribution in [1.29, 1.82) is 0 Å². The number of piperidine rings is 1. The van der Waals surface area contributed by atoms with Crippen LogP contribution in [0.3, 0.4) is 0 Å². The van der Waals surface area contributed by atoms with Crippen LogP contribution < -0.4 is 0 Å². The molecule has 1 unspecified atom stereocenters. The zero-order valence-corrected chi connectivity index (χ0v) is 14.7. The Kier molecular flexibility index (Phi) is 5.67. The van der Waals surface area contributed by atoms with Crippen molar-refractivity contribution in [3.05, 3.63) is 34.1 Å². The molecule has 1 aromatic rings. The minimum Gasteiger partial charge on any atom is -0.441 e. The molecule has 2 aliphatic heterocycles. The molecule has 140 valence electrons. The molecule has 3 rings (SSSR count). The molecule has 9 nitrogen and oxygen atoms in total. The molecule has 3 heterocycles. The summed E-state index contributed by atoms with van der Waals surface area (Å²) in [5, 5.41) is 16.2. The maximum Gasteiger partial charge on any atom is 0.433 e. The van der Waals surface area contributed by atoms with Crippen LogP contribution in [-0.2, 0) is 4.74 Å². The quantitative estimate of drug-likeness (QED) is 0.438. The standard InChI is InChI=1S/C17H22N4O5/c1-13(5-6-14-7-8-16(25-14)21(23)24)18-20-12-15(26-17(20)22)11-19-9-3-2-4-10-19/h5-8,15H,2-4,9-12H2,1H3/b6-5+,18-13?. The van der Waals surface area contributed by atoms with Crippen LogP contribution in [0.5, 0.6) is 0 Å². The molecule has 0 bridgehead atoms. The van der Waals surface area contributed by atoms with Gasteiger partial charge in [-0.2, -0.15) is 10.1 Å². The minimum absolute atomic E-state index is 0.172. The number of hydrogen-bond acceptors (Lipinski definition) is 7. The van der Waals surface area contributed by atoms with E-state index in [2.05, 4.69) is 10.0 Å². The summed E-state index contributed by atoms with van der Waals surface area (Å²) >= 11 is 0. The molecule has 1 atom stereocenters. The summed E-state index contributed by atoms with van der Waals surface area (Å²) in [6.07, 6.45) is 6.23. The molecule has 2 saturated heterocycles. The number of rotatable bonds is 6. The van der Waals surface area contributed by atoms with Gasteiger partial charge in [0.1, 0.15) is 16.8 Å². The lowest BCUT2D eigenvalue weighted by Crippen LogP contribution is -2.37. The van der Waals surface area contributed by atoms with Crippen LogP contribution in [0.25, 0.3) is 6.08 Å². The van der Waals surface area contributed by atoms with Gasteiger partial charge in [0.15, 0.2) is 0 Å². The minimum atomic E-state index is -0.596. The third kappa shape index (κ3) is 4.69. The number of hydrazone groups is 1. The molecule has 0 spiro atoms. The van der Waals surface area contributed by atoms with E-state index in [4.69, 9.17) is 9.15 Å². The molecule has 1 aromatic heterocycles. The van der Waals surface area contributed by atoms with Crippen LogP contribution in [0, 0.1) is 10.1 Å². The maximum absolute atomic E-state index is 12.0. The molecule has 0 saturated carbocycles. The van der Waals surface area contributed by atoms with Gasteiger partial charge in [0.2, 0.25) is 0 Å². The monoisotopic (exact) mass is 362 g/mol. The normalized spacial score (nSPS) is 22.2. The van der Waals surface area contributed by atoms with Gasteiger partial charge in [-0.1, -0.05) is 6.42 Å². The van der Waals surface area contributed by atoms with Crippen molar-refractivity contribution in [2.24, 2.45) is 5.10 Å². The van der Waals surface area contributed by atoms with Crippen molar-refractivity contribution in [2.75, 3.05) is 26.2 Å². The van der Waals surface area contributed by atoms with E-state index >= 15 is 0 Å². The van der Waals surface area contributed by atoms with Gasteiger partial charge in [0, 0.05) is 6.54 Å². The van der Waals surface area contributed by atoms with Crippen LogP contribution in [0.1, 0.15) is 31.9 Å². The summed E-state index contributed by atoms with van der Waals surface area (Å²) in [6.45, 7) is 5.00. The smallest absolute Gasteiger partial charge is 0.433 e.